The standard InChI is InChI=1S/C81H133N19O18S2/c1-12-48(8)67(79(115)98-66(81(117)118)42-120-44-88-51(11)104)99-77(113)64(38-53-39-86-56-27-17-16-26-54(53)56)95-71(107)58(29-19-22-32-83)91-78(114)65(40-101)97-75(111)62(36-47(6)7)94-76(112)63(37-52-24-14-13-15-25-52)96-80(116)68(49(9)102)100-72(108)59(30-20-23-33-84)90-73(109)60(34-45(2)3)93-74(110)61(35-46(4)5)92-70(106)57(28-18-21-31-82)89-69(105)55(85)41-119-43-87-50(10)103/h13-17,24-27,39,45-49,55,57-68,86,101-102H,12,18-23,28-38,40-44,82-85H2,1-11H3,(H,87,103)(H,88,104)(H,89,105)(H,90,109)(H,91,114)(H,92,106)(H,93,110)(H,94,112)(H,95,107)(H,96,116)(H,97,111)(H,98,115)(H,99,113)(H,100,108)(H,117,118)/t48-,49+,55-,57-,58-,59-,60-,61-,62-,63-,64-,65-,66-,67-,68-/m0/s1. The number of aliphatic carboxylic acids is 1. The molecule has 0 aliphatic heterocycles. The van der Waals surface area contributed by atoms with E-state index in [1.807, 2.05) is 13.8 Å². The fraction of sp³-hybridized carbons (Fsp3) is 0.642. The summed E-state index contributed by atoms with van der Waals surface area (Å²) in [5, 5.41) is 69.9. The highest BCUT2D eigenvalue weighted by molar-refractivity contribution is 7.99. The average molecular weight is 1730 g/mol. The maximum absolute atomic E-state index is 14.9. The number of thioether (sulfide) groups is 2. The van der Waals surface area contributed by atoms with E-state index in [1.54, 1.807) is 102 Å². The number of rotatable bonds is 59. The number of H-pyrrole nitrogens is 1. The molecule has 2 aromatic carbocycles. The van der Waals surface area contributed by atoms with Gasteiger partial charge in [0.05, 0.1) is 30.5 Å². The van der Waals surface area contributed by atoms with Gasteiger partial charge in [-0.2, -0.15) is 0 Å². The first-order valence-corrected chi connectivity index (χ1v) is 43.4. The molecule has 0 saturated heterocycles. The van der Waals surface area contributed by atoms with Crippen molar-refractivity contribution in [1.82, 2.24) is 79.4 Å². The van der Waals surface area contributed by atoms with Crippen molar-refractivity contribution in [2.24, 2.45) is 46.6 Å². The summed E-state index contributed by atoms with van der Waals surface area (Å²) in [5.74, 6) is -13.7. The third-order valence-electron chi connectivity index (χ3n) is 19.5. The zero-order valence-electron chi connectivity index (χ0n) is 71.0. The Morgan fingerprint density at radius 2 is 0.775 bits per heavy atom. The first kappa shape index (κ1) is 105. The SMILES string of the molecule is CC[C@H](C)[C@H](NC(=O)[C@H](Cc1c[nH]c2ccccc12)NC(=O)[C@H](CCCCN)NC(=O)[C@H](CO)NC(=O)[C@H](CC(C)C)NC(=O)[C@H](Cc1ccccc1)NC(=O)[C@@H](NC(=O)[C@H](CCCCN)NC(=O)[C@H](CC(C)C)NC(=O)[C@H](CC(C)C)NC(=O)[C@H](CCCCN)NC(=O)[C@@H](N)CSCNC(C)=O)[C@@H](C)O)C(=O)N[C@@H](CSCNC(C)=O)C(=O)O. The molecule has 3 aromatic rings. The molecule has 0 saturated carbocycles. The number of nitrogens with one attached hydrogen (secondary N) is 15. The molecule has 15 atom stereocenters. The Labute approximate surface area is 711 Å². The Kier molecular flexibility index (Phi) is 49.0. The molecule has 37 nitrogen and oxygen atoms in total. The quantitative estimate of drug-likeness (QED) is 0.0233. The Morgan fingerprint density at radius 3 is 1.22 bits per heavy atom. The number of amides is 14. The maximum Gasteiger partial charge on any atom is 0.327 e. The second-order valence-corrected chi connectivity index (χ2v) is 33.4. The van der Waals surface area contributed by atoms with Crippen LogP contribution in [0.2, 0.25) is 0 Å². The van der Waals surface area contributed by atoms with E-state index in [0.29, 0.717) is 60.7 Å². The van der Waals surface area contributed by atoms with Crippen molar-refractivity contribution < 1.29 is 87.2 Å². The summed E-state index contributed by atoms with van der Waals surface area (Å²) in [7, 11) is 0. The zero-order valence-corrected chi connectivity index (χ0v) is 72.7. The topological polar surface area (TPSA) is 605 Å². The van der Waals surface area contributed by atoms with Crippen molar-refractivity contribution in [3.63, 3.8) is 0 Å². The Balaban J connectivity index is 1.97. The molecule has 0 unspecified atom stereocenters. The lowest BCUT2D eigenvalue weighted by Gasteiger charge is -2.30. The highest BCUT2D eigenvalue weighted by Crippen LogP contribution is 2.22. The summed E-state index contributed by atoms with van der Waals surface area (Å²) >= 11 is 2.25. The summed E-state index contributed by atoms with van der Waals surface area (Å²) in [6, 6.07) is -3.06. The van der Waals surface area contributed by atoms with Gasteiger partial charge in [-0.1, -0.05) is 110 Å². The molecule has 39 heteroatoms. The monoisotopic (exact) mass is 1720 g/mol. The summed E-state index contributed by atoms with van der Waals surface area (Å²) in [4.78, 5) is 212. The molecule has 0 spiro atoms. The van der Waals surface area contributed by atoms with Gasteiger partial charge in [0, 0.05) is 55.3 Å². The lowest BCUT2D eigenvalue weighted by Crippen LogP contribution is -2.62. The molecule has 672 valence electrons. The van der Waals surface area contributed by atoms with Gasteiger partial charge in [0.1, 0.15) is 72.5 Å². The molecular weight excluding hydrogens is 1590 g/mol. The number of hydrogen-bond acceptors (Lipinski definition) is 23. The molecule has 1 heterocycles. The van der Waals surface area contributed by atoms with Crippen LogP contribution in [-0.2, 0) is 84.8 Å². The van der Waals surface area contributed by atoms with Crippen LogP contribution in [0.3, 0.4) is 0 Å². The van der Waals surface area contributed by atoms with Crippen LogP contribution in [0.15, 0.2) is 60.8 Å². The van der Waals surface area contributed by atoms with E-state index in [0.717, 1.165) is 11.8 Å². The van der Waals surface area contributed by atoms with Crippen LogP contribution in [0, 0.1) is 23.7 Å². The number of aromatic nitrogens is 1. The van der Waals surface area contributed by atoms with E-state index in [2.05, 4.69) is 79.4 Å². The highest BCUT2D eigenvalue weighted by atomic mass is 32.2. The lowest BCUT2D eigenvalue weighted by atomic mass is 9.96. The summed E-state index contributed by atoms with van der Waals surface area (Å²) in [5.41, 5.74) is 25.4. The second-order valence-electron chi connectivity index (χ2n) is 31.3. The van der Waals surface area contributed by atoms with Crippen molar-refractivity contribution in [3.05, 3.63) is 71.9 Å². The minimum atomic E-state index is -1.82. The van der Waals surface area contributed by atoms with Gasteiger partial charge in [-0.3, -0.25) is 67.1 Å². The van der Waals surface area contributed by atoms with Crippen LogP contribution in [0.5, 0.6) is 0 Å². The smallest absolute Gasteiger partial charge is 0.327 e. The van der Waals surface area contributed by atoms with Gasteiger partial charge >= 0.3 is 5.97 Å². The molecule has 3 rings (SSSR count). The van der Waals surface area contributed by atoms with Crippen LogP contribution in [0.25, 0.3) is 10.9 Å². The molecule has 0 bridgehead atoms. The van der Waals surface area contributed by atoms with Crippen LogP contribution in [-0.4, -0.2) is 243 Å². The molecule has 0 aliphatic carbocycles. The van der Waals surface area contributed by atoms with Crippen molar-refractivity contribution >= 4 is 123 Å². The van der Waals surface area contributed by atoms with Gasteiger partial charge < -0.3 is 118 Å². The number of unbranched alkanes of at least 4 members (excludes halogenated alkanes) is 3. The van der Waals surface area contributed by atoms with Crippen molar-refractivity contribution in [1.29, 1.82) is 0 Å². The normalized spacial score (nSPS) is 15.1. The van der Waals surface area contributed by atoms with Crippen molar-refractivity contribution in [2.75, 3.05) is 49.5 Å². The third-order valence-corrected chi connectivity index (χ3v) is 21.3. The number of carbonyl (C=O) groups excluding carboxylic acids is 14. The number of hydrogen-bond donors (Lipinski definition) is 22. The molecule has 0 radical (unpaired) electrons. The average Bonchev–Trinajstić information content (AvgIpc) is 1.66. The van der Waals surface area contributed by atoms with E-state index in [9.17, 15) is 87.2 Å². The number of nitrogens with two attached hydrogens (primary N) is 4. The number of aliphatic hydroxyl groups excluding tert-OH is 2. The second kappa shape index (κ2) is 56.2. The predicted molar refractivity (Wildman–Crippen MR) is 459 cm³/mol. The summed E-state index contributed by atoms with van der Waals surface area (Å²) in [6.07, 6.45) is 2.11. The first-order valence-electron chi connectivity index (χ1n) is 41.1. The van der Waals surface area contributed by atoms with Gasteiger partial charge in [-0.25, -0.2) is 4.79 Å². The van der Waals surface area contributed by atoms with E-state index < -0.39 is 174 Å². The predicted octanol–water partition coefficient (Wildman–Crippen LogP) is -1.22. The van der Waals surface area contributed by atoms with Crippen LogP contribution < -0.4 is 97.4 Å². The number of aliphatic hydroxyl groups is 2. The molecule has 0 fully saturated rings. The largest absolute Gasteiger partial charge is 0.480 e. The number of carboxylic acid groups (broad SMARTS) is 1. The van der Waals surface area contributed by atoms with E-state index in [-0.39, 0.29) is 130 Å². The summed E-state index contributed by atoms with van der Waals surface area (Å²) < 4.78 is 0. The Bertz CT molecular complexity index is 3780. The molecule has 120 heavy (non-hydrogen) atoms. The minimum Gasteiger partial charge on any atom is -0.480 e. The lowest BCUT2D eigenvalue weighted by molar-refractivity contribution is -0.142. The Hall–Kier alpha value is -9.51. The van der Waals surface area contributed by atoms with Crippen LogP contribution >= 0.6 is 23.5 Å². The minimum absolute atomic E-state index is 0.0314. The molecule has 26 N–H and O–H groups in total. The number of para-hydroxylation sites is 1. The van der Waals surface area contributed by atoms with Crippen molar-refractivity contribution in [2.45, 2.75) is 257 Å². The number of fused-ring (bicyclic) bond motifs is 1. The van der Waals surface area contributed by atoms with Gasteiger partial charge in [-0.15, -0.1) is 23.5 Å². The van der Waals surface area contributed by atoms with Crippen LogP contribution in [0.4, 0.5) is 0 Å². The zero-order chi connectivity index (χ0) is 89.7. The molecular formula is C81H133N19O18S2. The third kappa shape index (κ3) is 38.9. The first-order chi connectivity index (χ1) is 56.9. The van der Waals surface area contributed by atoms with E-state index >= 15 is 0 Å². The van der Waals surface area contributed by atoms with Gasteiger partial charge in [0.25, 0.3) is 0 Å². The number of carbonyl (C=O) groups is 15. The number of carboxylic acids is 1. The van der Waals surface area contributed by atoms with Gasteiger partial charge in [-0.05, 0) is 144 Å². The number of benzene rings is 2. The highest BCUT2D eigenvalue weighted by Gasteiger charge is 2.40. The van der Waals surface area contributed by atoms with Crippen LogP contribution in [0.1, 0.15) is 171 Å². The van der Waals surface area contributed by atoms with Crippen molar-refractivity contribution in [3.8, 4) is 0 Å². The van der Waals surface area contributed by atoms with Gasteiger partial charge in [0.15, 0.2) is 0 Å². The van der Waals surface area contributed by atoms with E-state index in [1.165, 1.54) is 32.5 Å². The van der Waals surface area contributed by atoms with Gasteiger partial charge in [0.2, 0.25) is 82.7 Å². The Morgan fingerprint density at radius 1 is 0.417 bits per heavy atom. The number of aromatic amines is 1. The molecule has 14 amide bonds. The fourth-order valence-electron chi connectivity index (χ4n) is 12.6. The summed E-state index contributed by atoms with van der Waals surface area (Å²) in [6.45, 7) is 17.6. The fourth-order valence-corrected chi connectivity index (χ4v) is 14.3. The molecule has 0 aliphatic rings. The molecule has 1 aromatic heterocycles. The maximum atomic E-state index is 14.9. The van der Waals surface area contributed by atoms with E-state index in [4.69, 9.17) is 22.9 Å².